The Bertz CT molecular complexity index is 946. The molecule has 0 saturated carbocycles. The van der Waals surface area contributed by atoms with E-state index in [-0.39, 0.29) is 23.3 Å². The van der Waals surface area contributed by atoms with Gasteiger partial charge < -0.3 is 20.1 Å². The lowest BCUT2D eigenvalue weighted by Gasteiger charge is -2.13. The number of carbonyl (C=O) groups is 1. The lowest BCUT2D eigenvalue weighted by molar-refractivity contribution is -0.119. The highest BCUT2D eigenvalue weighted by molar-refractivity contribution is 5.94. The fourth-order valence-electron chi connectivity index (χ4n) is 2.81. The van der Waals surface area contributed by atoms with E-state index in [1.165, 1.54) is 12.1 Å². The van der Waals surface area contributed by atoms with E-state index in [2.05, 4.69) is 10.3 Å². The van der Waals surface area contributed by atoms with Crippen LogP contribution in [0.25, 0.3) is 11.0 Å². The molecule has 6 nitrogen and oxygen atoms in total. The number of aromatic nitrogens is 2. The van der Waals surface area contributed by atoms with Crippen LogP contribution in [0.4, 0.5) is 5.69 Å². The number of hydrogen-bond acceptors (Lipinski definition) is 4. The molecular formula is C19H21N3O3. The minimum absolute atomic E-state index is 0.112. The van der Waals surface area contributed by atoms with Crippen molar-refractivity contribution < 1.29 is 15.0 Å². The molecule has 0 fully saturated rings. The minimum Gasteiger partial charge on any atom is -0.504 e. The maximum absolute atomic E-state index is 12.4. The first-order valence-corrected chi connectivity index (χ1v) is 8.10. The van der Waals surface area contributed by atoms with Gasteiger partial charge in [-0.3, -0.25) is 4.79 Å². The molecule has 2 aromatic carbocycles. The Morgan fingerprint density at radius 3 is 2.68 bits per heavy atom. The number of fused-ring (bicyclic) bond motifs is 1. The summed E-state index contributed by atoms with van der Waals surface area (Å²) in [6.45, 7) is 3.76. The van der Waals surface area contributed by atoms with Gasteiger partial charge in [-0.2, -0.15) is 0 Å². The summed E-state index contributed by atoms with van der Waals surface area (Å²) in [6.07, 6.45) is 0.463. The van der Waals surface area contributed by atoms with Crippen molar-refractivity contribution in [2.24, 2.45) is 13.0 Å². The quantitative estimate of drug-likeness (QED) is 0.637. The zero-order valence-corrected chi connectivity index (χ0v) is 14.4. The van der Waals surface area contributed by atoms with Crippen molar-refractivity contribution in [2.75, 3.05) is 5.32 Å². The van der Waals surface area contributed by atoms with Gasteiger partial charge in [-0.1, -0.05) is 13.0 Å². The number of phenols is 2. The molecule has 0 bridgehead atoms. The number of benzene rings is 2. The molecule has 3 N–H and O–H groups in total. The van der Waals surface area contributed by atoms with Crippen LogP contribution < -0.4 is 5.32 Å². The molecule has 1 amide bonds. The van der Waals surface area contributed by atoms with E-state index in [1.807, 2.05) is 43.7 Å². The highest BCUT2D eigenvalue weighted by atomic mass is 16.3. The molecule has 0 saturated heterocycles. The summed E-state index contributed by atoms with van der Waals surface area (Å²) in [4.78, 5) is 16.9. The Kier molecular flexibility index (Phi) is 4.35. The highest BCUT2D eigenvalue weighted by Gasteiger charge is 2.15. The number of phenolic OH excluding ortho intramolecular Hbond substituents is 2. The monoisotopic (exact) mass is 339 g/mol. The van der Waals surface area contributed by atoms with Crippen LogP contribution in [0.5, 0.6) is 11.5 Å². The fourth-order valence-corrected chi connectivity index (χ4v) is 2.81. The Morgan fingerprint density at radius 1 is 1.20 bits per heavy atom. The predicted molar refractivity (Wildman–Crippen MR) is 96.7 cm³/mol. The second-order valence-electron chi connectivity index (χ2n) is 6.34. The third-order valence-corrected chi connectivity index (χ3v) is 4.40. The Hall–Kier alpha value is -3.02. The summed E-state index contributed by atoms with van der Waals surface area (Å²) in [7, 11) is 1.96. The third kappa shape index (κ3) is 3.42. The Labute approximate surface area is 145 Å². The second-order valence-corrected chi connectivity index (χ2v) is 6.34. The van der Waals surface area contributed by atoms with Gasteiger partial charge in [0.05, 0.1) is 11.0 Å². The first-order chi connectivity index (χ1) is 11.8. The highest BCUT2D eigenvalue weighted by Crippen LogP contribution is 2.26. The van der Waals surface area contributed by atoms with E-state index in [4.69, 9.17) is 0 Å². The molecule has 0 aliphatic carbocycles. The van der Waals surface area contributed by atoms with E-state index >= 15 is 0 Å². The van der Waals surface area contributed by atoms with Crippen LogP contribution in [0.2, 0.25) is 0 Å². The number of imidazole rings is 1. The smallest absolute Gasteiger partial charge is 0.227 e. The van der Waals surface area contributed by atoms with Gasteiger partial charge in [-0.15, -0.1) is 0 Å². The van der Waals surface area contributed by atoms with E-state index in [0.717, 1.165) is 22.4 Å². The Balaban J connectivity index is 1.71. The molecule has 0 aliphatic rings. The van der Waals surface area contributed by atoms with Crippen molar-refractivity contribution in [3.8, 4) is 11.5 Å². The summed E-state index contributed by atoms with van der Waals surface area (Å²) in [5.41, 5.74) is 3.35. The van der Waals surface area contributed by atoms with E-state index in [0.29, 0.717) is 12.1 Å². The zero-order chi connectivity index (χ0) is 18.1. The van der Waals surface area contributed by atoms with Crippen molar-refractivity contribution >= 4 is 22.6 Å². The molecule has 25 heavy (non-hydrogen) atoms. The number of carbonyl (C=O) groups excluding carboxylic acids is 1. The van der Waals surface area contributed by atoms with Gasteiger partial charge in [0, 0.05) is 18.7 Å². The average Bonchev–Trinajstić information content (AvgIpc) is 2.85. The van der Waals surface area contributed by atoms with Crippen LogP contribution in [-0.4, -0.2) is 25.7 Å². The van der Waals surface area contributed by atoms with Crippen LogP contribution >= 0.6 is 0 Å². The van der Waals surface area contributed by atoms with Crippen molar-refractivity contribution in [2.45, 2.75) is 20.3 Å². The molecule has 0 spiro atoms. The predicted octanol–water partition coefficient (Wildman–Crippen LogP) is 3.11. The maximum Gasteiger partial charge on any atom is 0.227 e. The molecule has 6 heteroatoms. The lowest BCUT2D eigenvalue weighted by atomic mass is 10.00. The molecule has 1 atom stereocenters. The van der Waals surface area contributed by atoms with Crippen molar-refractivity contribution in [3.05, 3.63) is 47.8 Å². The molecule has 3 aromatic rings. The molecule has 1 heterocycles. The SMILES string of the molecule is Cc1nc2cc(NC(=O)C(C)Cc3ccc(O)c(O)c3)ccc2n1C. The number of anilines is 1. The van der Waals surface area contributed by atoms with Gasteiger partial charge in [0.1, 0.15) is 5.82 Å². The summed E-state index contributed by atoms with van der Waals surface area (Å²) in [6, 6.07) is 10.3. The number of aromatic hydroxyl groups is 2. The molecular weight excluding hydrogens is 318 g/mol. The molecule has 1 unspecified atom stereocenters. The number of rotatable bonds is 4. The van der Waals surface area contributed by atoms with Gasteiger partial charge in [-0.05, 0) is 49.2 Å². The molecule has 130 valence electrons. The standard InChI is InChI=1S/C19H21N3O3/c1-11(8-13-4-7-17(23)18(24)9-13)19(25)21-14-5-6-16-15(10-14)20-12(2)22(16)3/h4-7,9-11,23-24H,8H2,1-3H3,(H,21,25). The molecule has 0 aliphatic heterocycles. The number of aryl methyl sites for hydroxylation is 2. The first kappa shape index (κ1) is 16.8. The topological polar surface area (TPSA) is 87.4 Å². The Morgan fingerprint density at radius 2 is 1.96 bits per heavy atom. The number of nitrogens with zero attached hydrogens (tertiary/aromatic N) is 2. The van der Waals surface area contributed by atoms with Crippen molar-refractivity contribution in [1.82, 2.24) is 9.55 Å². The van der Waals surface area contributed by atoms with Crippen LogP contribution in [0.15, 0.2) is 36.4 Å². The molecule has 0 radical (unpaired) electrons. The molecule has 1 aromatic heterocycles. The minimum atomic E-state index is -0.287. The average molecular weight is 339 g/mol. The van der Waals surface area contributed by atoms with Crippen molar-refractivity contribution in [1.29, 1.82) is 0 Å². The van der Waals surface area contributed by atoms with Gasteiger partial charge in [0.15, 0.2) is 11.5 Å². The molecule has 3 rings (SSSR count). The normalized spacial score (nSPS) is 12.3. The van der Waals surface area contributed by atoms with Gasteiger partial charge in [0.25, 0.3) is 0 Å². The van der Waals surface area contributed by atoms with Crippen molar-refractivity contribution in [3.63, 3.8) is 0 Å². The summed E-state index contributed by atoms with van der Waals surface area (Å²) >= 11 is 0. The van der Waals surface area contributed by atoms with E-state index in [9.17, 15) is 15.0 Å². The van der Waals surface area contributed by atoms with Gasteiger partial charge >= 0.3 is 0 Å². The van der Waals surface area contributed by atoms with E-state index < -0.39 is 0 Å². The third-order valence-electron chi connectivity index (χ3n) is 4.40. The maximum atomic E-state index is 12.4. The number of amides is 1. The van der Waals surface area contributed by atoms with Crippen LogP contribution in [-0.2, 0) is 18.3 Å². The van der Waals surface area contributed by atoms with Gasteiger partial charge in [-0.25, -0.2) is 4.98 Å². The van der Waals surface area contributed by atoms with E-state index in [1.54, 1.807) is 6.07 Å². The summed E-state index contributed by atoms with van der Waals surface area (Å²) in [5.74, 6) is 0.171. The second kappa shape index (κ2) is 6.47. The fraction of sp³-hybridized carbons (Fsp3) is 0.263. The van der Waals surface area contributed by atoms with Crippen LogP contribution in [0, 0.1) is 12.8 Å². The summed E-state index contributed by atoms with van der Waals surface area (Å²) in [5, 5.41) is 21.8. The van der Waals surface area contributed by atoms with Crippen LogP contribution in [0.1, 0.15) is 18.3 Å². The number of hydrogen-bond donors (Lipinski definition) is 3. The largest absolute Gasteiger partial charge is 0.504 e. The number of nitrogens with one attached hydrogen (secondary N) is 1. The van der Waals surface area contributed by atoms with Crippen LogP contribution in [0.3, 0.4) is 0 Å². The lowest BCUT2D eigenvalue weighted by Crippen LogP contribution is -2.22. The summed E-state index contributed by atoms with van der Waals surface area (Å²) < 4.78 is 2.00. The first-order valence-electron chi connectivity index (χ1n) is 8.10. The zero-order valence-electron chi connectivity index (χ0n) is 14.4. The van der Waals surface area contributed by atoms with Gasteiger partial charge in [0.2, 0.25) is 5.91 Å².